The van der Waals surface area contributed by atoms with Crippen molar-refractivity contribution in [3.8, 4) is 0 Å². The van der Waals surface area contributed by atoms with E-state index in [4.69, 9.17) is 11.6 Å². The highest BCUT2D eigenvalue weighted by molar-refractivity contribution is 6.17. The van der Waals surface area contributed by atoms with Crippen LogP contribution in [-0.4, -0.2) is 5.91 Å². The number of carbonyl (C=O) groups excluding carboxylic acids is 1. The Balaban J connectivity index is 2.58. The Morgan fingerprint density at radius 1 is 1.35 bits per heavy atom. The fraction of sp³-hybridized carbons (Fsp3) is 0.500. The quantitative estimate of drug-likeness (QED) is 0.800. The molecule has 3 heteroatoms. The van der Waals surface area contributed by atoms with Crippen LogP contribution in [0.4, 0.5) is 0 Å². The van der Waals surface area contributed by atoms with Crippen LogP contribution in [-0.2, 0) is 17.2 Å². The molecule has 0 unspecified atom stereocenters. The zero-order valence-electron chi connectivity index (χ0n) is 10.7. The summed E-state index contributed by atoms with van der Waals surface area (Å²) in [6, 6.07) is 7.96. The third-order valence-electron chi connectivity index (χ3n) is 3.10. The predicted molar refractivity (Wildman–Crippen MR) is 71.9 cm³/mol. The average molecular weight is 254 g/mol. The summed E-state index contributed by atoms with van der Waals surface area (Å²) in [6.45, 7) is 6.50. The molecule has 0 bridgehead atoms. The highest BCUT2D eigenvalue weighted by Crippen LogP contribution is 2.19. The number of nitrogens with one attached hydrogen (secondary N) is 1. The van der Waals surface area contributed by atoms with E-state index >= 15 is 0 Å². The molecular formula is C14H20ClNO. The Morgan fingerprint density at radius 3 is 2.59 bits per heavy atom. The summed E-state index contributed by atoms with van der Waals surface area (Å²) in [5, 5.41) is 2.96. The average Bonchev–Trinajstić information content (AvgIpc) is 2.36. The molecule has 0 heterocycles. The SMILES string of the molecule is CCC(C)(C)C(=O)NCc1cccc(CCl)c1. The standard InChI is InChI=1S/C14H20ClNO/c1-4-14(2,3)13(17)16-10-12-7-5-6-11(8-12)9-15/h5-8H,4,9-10H2,1-3H3,(H,16,17). The molecule has 0 atom stereocenters. The molecule has 0 fully saturated rings. The van der Waals surface area contributed by atoms with Crippen molar-refractivity contribution in [3.05, 3.63) is 35.4 Å². The van der Waals surface area contributed by atoms with Crippen LogP contribution in [0.2, 0.25) is 0 Å². The summed E-state index contributed by atoms with van der Waals surface area (Å²) in [5.74, 6) is 0.596. The summed E-state index contributed by atoms with van der Waals surface area (Å²) in [7, 11) is 0. The molecule has 17 heavy (non-hydrogen) atoms. The van der Waals surface area contributed by atoms with Crippen molar-refractivity contribution in [3.63, 3.8) is 0 Å². The Labute approximate surface area is 108 Å². The van der Waals surface area contributed by atoms with Crippen LogP contribution in [0.25, 0.3) is 0 Å². The van der Waals surface area contributed by atoms with Crippen LogP contribution in [0.1, 0.15) is 38.3 Å². The third-order valence-corrected chi connectivity index (χ3v) is 3.41. The third kappa shape index (κ3) is 4.04. The first-order chi connectivity index (χ1) is 7.99. The van der Waals surface area contributed by atoms with Crippen molar-refractivity contribution in [2.75, 3.05) is 0 Å². The van der Waals surface area contributed by atoms with Gasteiger partial charge in [-0.25, -0.2) is 0 Å². The summed E-state index contributed by atoms with van der Waals surface area (Å²) >= 11 is 5.77. The zero-order chi connectivity index (χ0) is 12.9. The molecule has 0 aliphatic rings. The number of carbonyl (C=O) groups is 1. The van der Waals surface area contributed by atoms with Gasteiger partial charge < -0.3 is 5.32 Å². The lowest BCUT2D eigenvalue weighted by Gasteiger charge is -2.21. The molecular weight excluding hydrogens is 234 g/mol. The fourth-order valence-electron chi connectivity index (χ4n) is 1.40. The van der Waals surface area contributed by atoms with Crippen molar-refractivity contribution in [2.45, 2.75) is 39.6 Å². The Bertz CT molecular complexity index is 388. The van der Waals surface area contributed by atoms with Crippen LogP contribution in [0.3, 0.4) is 0 Å². The molecule has 0 spiro atoms. The number of hydrogen-bond donors (Lipinski definition) is 1. The lowest BCUT2D eigenvalue weighted by atomic mass is 9.89. The molecule has 2 nitrogen and oxygen atoms in total. The first kappa shape index (κ1) is 14.0. The van der Waals surface area contributed by atoms with E-state index in [1.807, 2.05) is 45.0 Å². The van der Waals surface area contributed by atoms with Crippen LogP contribution in [0, 0.1) is 5.41 Å². The molecule has 94 valence electrons. The first-order valence-electron chi connectivity index (χ1n) is 5.91. The smallest absolute Gasteiger partial charge is 0.225 e. The van der Waals surface area contributed by atoms with E-state index in [-0.39, 0.29) is 11.3 Å². The van der Waals surface area contributed by atoms with Gasteiger partial charge in [0, 0.05) is 17.8 Å². The molecule has 0 saturated heterocycles. The van der Waals surface area contributed by atoms with Gasteiger partial charge in [0.15, 0.2) is 0 Å². The molecule has 0 aliphatic heterocycles. The van der Waals surface area contributed by atoms with Gasteiger partial charge in [0.05, 0.1) is 0 Å². The van der Waals surface area contributed by atoms with E-state index in [0.29, 0.717) is 12.4 Å². The van der Waals surface area contributed by atoms with E-state index in [1.165, 1.54) is 0 Å². The van der Waals surface area contributed by atoms with Gasteiger partial charge in [-0.2, -0.15) is 0 Å². The van der Waals surface area contributed by atoms with Crippen molar-refractivity contribution >= 4 is 17.5 Å². The van der Waals surface area contributed by atoms with E-state index in [2.05, 4.69) is 5.32 Å². The first-order valence-corrected chi connectivity index (χ1v) is 6.45. The van der Waals surface area contributed by atoms with Crippen LogP contribution < -0.4 is 5.32 Å². The van der Waals surface area contributed by atoms with Crippen LogP contribution in [0.15, 0.2) is 24.3 Å². The molecule has 0 aromatic heterocycles. The predicted octanol–water partition coefficient (Wildman–Crippen LogP) is 3.48. The number of hydrogen-bond acceptors (Lipinski definition) is 1. The van der Waals surface area contributed by atoms with Gasteiger partial charge >= 0.3 is 0 Å². The van der Waals surface area contributed by atoms with Gasteiger partial charge in [0.25, 0.3) is 0 Å². The van der Waals surface area contributed by atoms with Gasteiger partial charge in [0.2, 0.25) is 5.91 Å². The molecule has 0 aliphatic carbocycles. The summed E-state index contributed by atoms with van der Waals surface area (Å²) < 4.78 is 0. The largest absolute Gasteiger partial charge is 0.352 e. The summed E-state index contributed by atoms with van der Waals surface area (Å²) in [4.78, 5) is 11.9. The topological polar surface area (TPSA) is 29.1 Å². The van der Waals surface area contributed by atoms with Gasteiger partial charge in [-0.05, 0) is 17.5 Å². The van der Waals surface area contributed by atoms with Crippen molar-refractivity contribution < 1.29 is 4.79 Å². The lowest BCUT2D eigenvalue weighted by molar-refractivity contribution is -0.129. The molecule has 1 aromatic carbocycles. The van der Waals surface area contributed by atoms with Crippen LogP contribution >= 0.6 is 11.6 Å². The number of halogens is 1. The molecule has 0 radical (unpaired) electrons. The number of amides is 1. The summed E-state index contributed by atoms with van der Waals surface area (Å²) in [6.07, 6.45) is 0.834. The Morgan fingerprint density at radius 2 is 2.00 bits per heavy atom. The normalized spacial score (nSPS) is 11.3. The molecule has 1 aromatic rings. The number of alkyl halides is 1. The monoisotopic (exact) mass is 253 g/mol. The lowest BCUT2D eigenvalue weighted by Crippen LogP contribution is -2.35. The van der Waals surface area contributed by atoms with E-state index in [0.717, 1.165) is 17.5 Å². The highest BCUT2D eigenvalue weighted by atomic mass is 35.5. The second kappa shape index (κ2) is 6.06. The van der Waals surface area contributed by atoms with Crippen LogP contribution in [0.5, 0.6) is 0 Å². The second-order valence-electron chi connectivity index (χ2n) is 4.87. The second-order valence-corrected chi connectivity index (χ2v) is 5.14. The van der Waals surface area contributed by atoms with Gasteiger partial charge in [-0.1, -0.05) is 45.0 Å². The number of rotatable bonds is 5. The molecule has 1 N–H and O–H groups in total. The maximum Gasteiger partial charge on any atom is 0.225 e. The zero-order valence-corrected chi connectivity index (χ0v) is 11.5. The molecule has 1 amide bonds. The molecule has 1 rings (SSSR count). The van der Waals surface area contributed by atoms with E-state index in [1.54, 1.807) is 0 Å². The molecule has 0 saturated carbocycles. The van der Waals surface area contributed by atoms with E-state index < -0.39 is 0 Å². The van der Waals surface area contributed by atoms with Crippen molar-refractivity contribution in [1.82, 2.24) is 5.32 Å². The minimum atomic E-state index is -0.301. The highest BCUT2D eigenvalue weighted by Gasteiger charge is 2.24. The maximum atomic E-state index is 11.9. The maximum absolute atomic E-state index is 11.9. The number of benzene rings is 1. The fourth-order valence-corrected chi connectivity index (χ4v) is 1.57. The minimum Gasteiger partial charge on any atom is -0.352 e. The van der Waals surface area contributed by atoms with Gasteiger partial charge in [-0.3, -0.25) is 4.79 Å². The Hall–Kier alpha value is -1.02. The summed E-state index contributed by atoms with van der Waals surface area (Å²) in [5.41, 5.74) is 1.86. The van der Waals surface area contributed by atoms with Crippen molar-refractivity contribution in [1.29, 1.82) is 0 Å². The minimum absolute atomic E-state index is 0.0938. The van der Waals surface area contributed by atoms with Gasteiger partial charge in [-0.15, -0.1) is 11.6 Å². The Kier molecular flexibility index (Phi) is 5.01. The van der Waals surface area contributed by atoms with Crippen molar-refractivity contribution in [2.24, 2.45) is 5.41 Å². The van der Waals surface area contributed by atoms with Gasteiger partial charge in [0.1, 0.15) is 0 Å². The van der Waals surface area contributed by atoms with E-state index in [9.17, 15) is 4.79 Å².